The maximum atomic E-state index is 5.72. The minimum Gasteiger partial charge on any atom is -0.525 e. The SMILES string of the molecule is Clc1ccc(B2OC=CO2)cc1. The van der Waals surface area contributed by atoms with Crippen molar-refractivity contribution in [1.82, 2.24) is 0 Å². The van der Waals surface area contributed by atoms with Crippen molar-refractivity contribution in [3.8, 4) is 0 Å². The zero-order chi connectivity index (χ0) is 8.39. The second kappa shape index (κ2) is 3.11. The first-order valence-electron chi connectivity index (χ1n) is 3.58. The maximum Gasteiger partial charge on any atom is 0.631 e. The highest BCUT2D eigenvalue weighted by molar-refractivity contribution is 6.62. The number of halogens is 1. The molecule has 2 nitrogen and oxygen atoms in total. The Morgan fingerprint density at radius 3 is 2.17 bits per heavy atom. The Morgan fingerprint density at radius 2 is 1.58 bits per heavy atom. The molecule has 0 spiro atoms. The van der Waals surface area contributed by atoms with E-state index in [0.717, 1.165) is 5.46 Å². The van der Waals surface area contributed by atoms with Gasteiger partial charge in [0.05, 0.1) is 12.5 Å². The largest absolute Gasteiger partial charge is 0.631 e. The lowest BCUT2D eigenvalue weighted by atomic mass is 9.79. The third-order valence-corrected chi connectivity index (χ3v) is 1.85. The van der Waals surface area contributed by atoms with Crippen LogP contribution >= 0.6 is 11.6 Å². The van der Waals surface area contributed by atoms with Gasteiger partial charge in [-0.2, -0.15) is 0 Å². The van der Waals surface area contributed by atoms with E-state index in [1.807, 2.05) is 24.3 Å². The molecule has 0 bridgehead atoms. The topological polar surface area (TPSA) is 18.5 Å². The molecule has 0 N–H and O–H groups in total. The molecular weight excluding hydrogens is 174 g/mol. The third-order valence-electron chi connectivity index (χ3n) is 1.60. The molecule has 12 heavy (non-hydrogen) atoms. The second-order valence-electron chi connectivity index (χ2n) is 2.43. The molecule has 0 atom stereocenters. The summed E-state index contributed by atoms with van der Waals surface area (Å²) in [5.41, 5.74) is 0.962. The lowest BCUT2D eigenvalue weighted by molar-refractivity contribution is 0.423. The molecular formula is C8H6BClO2. The molecule has 0 aliphatic carbocycles. The Labute approximate surface area is 75.9 Å². The Hall–Kier alpha value is -1.09. The van der Waals surface area contributed by atoms with Crippen molar-refractivity contribution in [2.45, 2.75) is 0 Å². The van der Waals surface area contributed by atoms with Crippen molar-refractivity contribution >= 4 is 24.2 Å². The van der Waals surface area contributed by atoms with Gasteiger partial charge in [-0.1, -0.05) is 23.7 Å². The van der Waals surface area contributed by atoms with Gasteiger partial charge in [-0.15, -0.1) is 0 Å². The Balaban J connectivity index is 2.18. The minimum atomic E-state index is -0.303. The molecule has 1 heterocycles. The summed E-state index contributed by atoms with van der Waals surface area (Å²) >= 11 is 5.72. The number of hydrogen-bond donors (Lipinski definition) is 0. The maximum absolute atomic E-state index is 5.72. The van der Waals surface area contributed by atoms with Gasteiger partial charge in [0.2, 0.25) is 0 Å². The highest BCUT2D eigenvalue weighted by Gasteiger charge is 2.25. The molecule has 0 saturated carbocycles. The summed E-state index contributed by atoms with van der Waals surface area (Å²) in [5, 5.41) is 0.713. The summed E-state index contributed by atoms with van der Waals surface area (Å²) in [6.07, 6.45) is 3.05. The van der Waals surface area contributed by atoms with Crippen LogP contribution in [0.15, 0.2) is 36.8 Å². The van der Waals surface area contributed by atoms with E-state index >= 15 is 0 Å². The Kier molecular flexibility index (Phi) is 1.96. The average molecular weight is 180 g/mol. The molecule has 1 aromatic rings. The molecule has 4 heteroatoms. The van der Waals surface area contributed by atoms with Crippen LogP contribution in [-0.2, 0) is 9.31 Å². The summed E-state index contributed by atoms with van der Waals surface area (Å²) in [7, 11) is -0.303. The van der Waals surface area contributed by atoms with Crippen LogP contribution < -0.4 is 5.46 Å². The molecule has 2 rings (SSSR count). The molecule has 60 valence electrons. The minimum absolute atomic E-state index is 0.303. The third kappa shape index (κ3) is 1.41. The van der Waals surface area contributed by atoms with E-state index in [9.17, 15) is 0 Å². The summed E-state index contributed by atoms with van der Waals surface area (Å²) in [4.78, 5) is 0. The Bertz CT molecular complexity index is 288. The molecule has 0 amide bonds. The van der Waals surface area contributed by atoms with Crippen LogP contribution in [0, 0.1) is 0 Å². The van der Waals surface area contributed by atoms with Crippen LogP contribution in [0.5, 0.6) is 0 Å². The highest BCUT2D eigenvalue weighted by Crippen LogP contribution is 2.07. The lowest BCUT2D eigenvalue weighted by Crippen LogP contribution is -2.31. The first kappa shape index (κ1) is 7.56. The summed E-state index contributed by atoms with van der Waals surface area (Å²) < 4.78 is 10.3. The van der Waals surface area contributed by atoms with Crippen LogP contribution in [0.2, 0.25) is 5.02 Å². The molecule has 0 fully saturated rings. The van der Waals surface area contributed by atoms with E-state index in [1.165, 1.54) is 12.5 Å². The van der Waals surface area contributed by atoms with Crippen LogP contribution in [-0.4, -0.2) is 7.12 Å². The van der Waals surface area contributed by atoms with Crippen LogP contribution in [0.4, 0.5) is 0 Å². The fourth-order valence-electron chi connectivity index (χ4n) is 1.02. The molecule has 1 aromatic carbocycles. The van der Waals surface area contributed by atoms with Crippen LogP contribution in [0.3, 0.4) is 0 Å². The van der Waals surface area contributed by atoms with Gasteiger partial charge in [-0.3, -0.25) is 0 Å². The smallest absolute Gasteiger partial charge is 0.525 e. The van der Waals surface area contributed by atoms with E-state index in [0.29, 0.717) is 5.02 Å². The van der Waals surface area contributed by atoms with Gasteiger partial charge in [0.25, 0.3) is 0 Å². The quantitative estimate of drug-likeness (QED) is 0.611. The van der Waals surface area contributed by atoms with E-state index in [-0.39, 0.29) is 7.12 Å². The number of benzene rings is 1. The van der Waals surface area contributed by atoms with Gasteiger partial charge in [0, 0.05) is 10.5 Å². The fraction of sp³-hybridized carbons (Fsp3) is 0. The van der Waals surface area contributed by atoms with Crippen molar-refractivity contribution in [3.63, 3.8) is 0 Å². The molecule has 0 unspecified atom stereocenters. The highest BCUT2D eigenvalue weighted by atomic mass is 35.5. The normalized spacial score (nSPS) is 14.2. The van der Waals surface area contributed by atoms with Crippen LogP contribution in [0.1, 0.15) is 0 Å². The lowest BCUT2D eigenvalue weighted by Gasteiger charge is -2.03. The van der Waals surface area contributed by atoms with Gasteiger partial charge >= 0.3 is 7.12 Å². The van der Waals surface area contributed by atoms with Crippen LogP contribution in [0.25, 0.3) is 0 Å². The summed E-state index contributed by atoms with van der Waals surface area (Å²) in [6.45, 7) is 0. The van der Waals surface area contributed by atoms with Crippen molar-refractivity contribution in [2.75, 3.05) is 0 Å². The predicted octanol–water partition coefficient (Wildman–Crippen LogP) is 1.55. The van der Waals surface area contributed by atoms with E-state index in [1.54, 1.807) is 0 Å². The fourth-order valence-corrected chi connectivity index (χ4v) is 1.14. The van der Waals surface area contributed by atoms with Crippen molar-refractivity contribution in [3.05, 3.63) is 41.8 Å². The molecule has 1 aliphatic heterocycles. The van der Waals surface area contributed by atoms with Gasteiger partial charge in [0.15, 0.2) is 0 Å². The average Bonchev–Trinajstić information content (AvgIpc) is 2.58. The van der Waals surface area contributed by atoms with Crippen molar-refractivity contribution in [2.24, 2.45) is 0 Å². The molecule has 0 aromatic heterocycles. The molecule has 0 saturated heterocycles. The first-order valence-corrected chi connectivity index (χ1v) is 3.95. The first-order chi connectivity index (χ1) is 5.86. The second-order valence-corrected chi connectivity index (χ2v) is 2.86. The zero-order valence-corrected chi connectivity index (χ0v) is 6.99. The van der Waals surface area contributed by atoms with E-state index in [4.69, 9.17) is 20.9 Å². The monoisotopic (exact) mass is 180 g/mol. The number of hydrogen-bond acceptors (Lipinski definition) is 2. The van der Waals surface area contributed by atoms with E-state index < -0.39 is 0 Å². The van der Waals surface area contributed by atoms with E-state index in [2.05, 4.69) is 0 Å². The van der Waals surface area contributed by atoms with Crippen molar-refractivity contribution in [1.29, 1.82) is 0 Å². The van der Waals surface area contributed by atoms with Gasteiger partial charge in [0.1, 0.15) is 0 Å². The zero-order valence-electron chi connectivity index (χ0n) is 6.24. The Morgan fingerprint density at radius 1 is 1.00 bits per heavy atom. The van der Waals surface area contributed by atoms with Gasteiger partial charge < -0.3 is 9.31 Å². The van der Waals surface area contributed by atoms with Crippen molar-refractivity contribution < 1.29 is 9.31 Å². The summed E-state index contributed by atoms with van der Waals surface area (Å²) in [5.74, 6) is 0. The number of rotatable bonds is 1. The molecule has 0 radical (unpaired) electrons. The van der Waals surface area contributed by atoms with Gasteiger partial charge in [-0.05, 0) is 12.1 Å². The summed E-state index contributed by atoms with van der Waals surface area (Å²) in [6, 6.07) is 7.36. The predicted molar refractivity (Wildman–Crippen MR) is 48.2 cm³/mol. The molecule has 1 aliphatic rings. The standard InChI is InChI=1S/C8H6BClO2/c10-8-3-1-7(2-4-8)9-11-5-6-12-9/h1-6H. The van der Waals surface area contributed by atoms with Gasteiger partial charge in [-0.25, -0.2) is 0 Å².